The summed E-state index contributed by atoms with van der Waals surface area (Å²) in [7, 11) is 0. The Kier molecular flexibility index (Phi) is 9.27. The molecule has 0 N–H and O–H groups in total. The van der Waals surface area contributed by atoms with E-state index in [1.807, 2.05) is 0 Å². The van der Waals surface area contributed by atoms with E-state index in [1.165, 1.54) is 0 Å². The van der Waals surface area contributed by atoms with Crippen LogP contribution in [0.3, 0.4) is 0 Å². The van der Waals surface area contributed by atoms with Gasteiger partial charge in [0, 0.05) is 17.4 Å². The van der Waals surface area contributed by atoms with Crippen molar-refractivity contribution in [3.05, 3.63) is 0 Å². The molecular formula is C15H26O4-2. The Bertz CT molecular complexity index is 271. The maximum absolute atomic E-state index is 10.8. The summed E-state index contributed by atoms with van der Waals surface area (Å²) in [5.41, 5.74) is -0.717. The van der Waals surface area contributed by atoms with Gasteiger partial charge in [-0.1, -0.05) is 58.8 Å². The molecule has 112 valence electrons. The second kappa shape index (κ2) is 9.82. The summed E-state index contributed by atoms with van der Waals surface area (Å²) in [4.78, 5) is 21.0. The highest BCUT2D eigenvalue weighted by atomic mass is 16.4. The summed E-state index contributed by atoms with van der Waals surface area (Å²) < 4.78 is 0. The fourth-order valence-electron chi connectivity index (χ4n) is 2.00. The second-order valence-corrected chi connectivity index (χ2v) is 5.87. The van der Waals surface area contributed by atoms with E-state index >= 15 is 0 Å². The molecule has 0 aliphatic carbocycles. The van der Waals surface area contributed by atoms with Gasteiger partial charge in [-0.15, -0.1) is 0 Å². The van der Waals surface area contributed by atoms with Crippen molar-refractivity contribution in [2.75, 3.05) is 0 Å². The van der Waals surface area contributed by atoms with Crippen molar-refractivity contribution in [3.63, 3.8) is 0 Å². The fraction of sp³-hybridized carbons (Fsp3) is 0.867. The van der Waals surface area contributed by atoms with Crippen molar-refractivity contribution < 1.29 is 19.8 Å². The van der Waals surface area contributed by atoms with Crippen LogP contribution in [0.5, 0.6) is 0 Å². The molecule has 4 heteroatoms. The first-order valence-electron chi connectivity index (χ1n) is 7.27. The molecule has 0 radical (unpaired) electrons. The van der Waals surface area contributed by atoms with Gasteiger partial charge in [0.15, 0.2) is 0 Å². The first kappa shape index (κ1) is 17.9. The Hall–Kier alpha value is -1.06. The van der Waals surface area contributed by atoms with E-state index in [1.54, 1.807) is 13.8 Å². The molecule has 0 saturated heterocycles. The topological polar surface area (TPSA) is 80.3 Å². The van der Waals surface area contributed by atoms with Crippen LogP contribution in [0, 0.1) is 5.41 Å². The van der Waals surface area contributed by atoms with Crippen molar-refractivity contribution in [1.82, 2.24) is 0 Å². The minimum atomic E-state index is -0.972. The Morgan fingerprint density at radius 2 is 1.21 bits per heavy atom. The van der Waals surface area contributed by atoms with E-state index in [4.69, 9.17) is 0 Å². The fourth-order valence-corrected chi connectivity index (χ4v) is 2.00. The molecule has 0 aromatic carbocycles. The van der Waals surface area contributed by atoms with E-state index < -0.39 is 17.4 Å². The minimum Gasteiger partial charge on any atom is -0.550 e. The maximum atomic E-state index is 10.8. The maximum Gasteiger partial charge on any atom is 0.0470 e. The zero-order chi connectivity index (χ0) is 14.7. The summed E-state index contributed by atoms with van der Waals surface area (Å²) in [6.45, 7) is 3.42. The number of carboxylic acids is 2. The number of carbonyl (C=O) groups is 2. The number of hydrogen-bond acceptors (Lipinski definition) is 4. The summed E-state index contributed by atoms with van der Waals surface area (Å²) in [6, 6.07) is 0. The molecule has 0 spiro atoms. The molecule has 4 nitrogen and oxygen atoms in total. The lowest BCUT2D eigenvalue weighted by Gasteiger charge is -2.25. The van der Waals surface area contributed by atoms with Crippen LogP contribution >= 0.6 is 0 Å². The molecule has 0 unspecified atom stereocenters. The quantitative estimate of drug-likeness (QED) is 0.502. The molecule has 0 saturated carbocycles. The highest BCUT2D eigenvalue weighted by Gasteiger charge is 2.18. The largest absolute Gasteiger partial charge is 0.550 e. The van der Waals surface area contributed by atoms with Crippen molar-refractivity contribution in [2.24, 2.45) is 5.41 Å². The highest BCUT2D eigenvalue weighted by Crippen LogP contribution is 2.23. The lowest BCUT2D eigenvalue weighted by Crippen LogP contribution is -2.37. The predicted molar refractivity (Wildman–Crippen MR) is 70.0 cm³/mol. The van der Waals surface area contributed by atoms with Crippen LogP contribution in [0.2, 0.25) is 0 Å². The molecule has 0 aromatic heterocycles. The molecule has 0 bridgehead atoms. The number of unbranched alkanes of at least 4 members (excludes halogenated alkanes) is 7. The predicted octanol–water partition coefficient (Wildman–Crippen LogP) is 1.41. The molecule has 0 rings (SSSR count). The lowest BCUT2D eigenvalue weighted by atomic mass is 9.87. The van der Waals surface area contributed by atoms with E-state index in [0.717, 1.165) is 44.9 Å². The van der Waals surface area contributed by atoms with Gasteiger partial charge in [-0.05, 0) is 19.3 Å². The Morgan fingerprint density at radius 3 is 1.63 bits per heavy atom. The Balaban J connectivity index is 3.28. The molecule has 0 atom stereocenters. The molecule has 0 aromatic rings. The average molecular weight is 270 g/mol. The zero-order valence-corrected chi connectivity index (χ0v) is 12.2. The van der Waals surface area contributed by atoms with Gasteiger partial charge in [0.25, 0.3) is 0 Å². The third-order valence-corrected chi connectivity index (χ3v) is 3.49. The number of carbonyl (C=O) groups excluding carboxylic acids is 2. The summed E-state index contributed by atoms with van der Waals surface area (Å²) >= 11 is 0. The number of aliphatic carboxylic acids is 2. The lowest BCUT2D eigenvalue weighted by molar-refractivity contribution is -0.318. The standard InChI is InChI=1S/C15H28O4/c1-15(2,14(18)19)12-10-8-6-4-3-5-7-9-11-13(16)17/h3-12H2,1-2H3,(H,16,17)(H,18,19)/p-2. The third-order valence-electron chi connectivity index (χ3n) is 3.49. The number of carboxylic acid groups (broad SMARTS) is 2. The monoisotopic (exact) mass is 270 g/mol. The normalized spacial score (nSPS) is 11.5. The van der Waals surface area contributed by atoms with Crippen LogP contribution in [0.15, 0.2) is 0 Å². The highest BCUT2D eigenvalue weighted by molar-refractivity contribution is 5.71. The van der Waals surface area contributed by atoms with Crippen LogP contribution in [0.25, 0.3) is 0 Å². The summed E-state index contributed by atoms with van der Waals surface area (Å²) in [5, 5.41) is 21.0. The third kappa shape index (κ3) is 10.5. The van der Waals surface area contributed by atoms with Crippen molar-refractivity contribution in [2.45, 2.75) is 78.1 Å². The summed E-state index contributed by atoms with van der Waals surface area (Å²) in [6.07, 6.45) is 8.91. The number of rotatable bonds is 12. The van der Waals surface area contributed by atoms with Crippen molar-refractivity contribution >= 4 is 11.9 Å². The van der Waals surface area contributed by atoms with Gasteiger partial charge < -0.3 is 19.8 Å². The molecular weight excluding hydrogens is 244 g/mol. The van der Waals surface area contributed by atoms with Gasteiger partial charge in [0.1, 0.15) is 0 Å². The Morgan fingerprint density at radius 1 is 0.789 bits per heavy atom. The van der Waals surface area contributed by atoms with Crippen molar-refractivity contribution in [1.29, 1.82) is 0 Å². The van der Waals surface area contributed by atoms with E-state index in [9.17, 15) is 19.8 Å². The van der Waals surface area contributed by atoms with E-state index in [-0.39, 0.29) is 6.42 Å². The van der Waals surface area contributed by atoms with Crippen LogP contribution in [-0.2, 0) is 9.59 Å². The molecule has 0 amide bonds. The van der Waals surface area contributed by atoms with Gasteiger partial charge in [-0.2, -0.15) is 0 Å². The average Bonchev–Trinajstić information content (AvgIpc) is 2.30. The number of hydrogen-bond donors (Lipinski definition) is 0. The molecule has 0 heterocycles. The van der Waals surface area contributed by atoms with Gasteiger partial charge >= 0.3 is 0 Å². The van der Waals surface area contributed by atoms with Gasteiger partial charge in [-0.25, -0.2) is 0 Å². The SMILES string of the molecule is CC(C)(CCCCCCCCCCC(=O)[O-])C(=O)[O-]. The van der Waals surface area contributed by atoms with Crippen LogP contribution in [0.1, 0.15) is 78.1 Å². The molecule has 19 heavy (non-hydrogen) atoms. The smallest absolute Gasteiger partial charge is 0.0470 e. The van der Waals surface area contributed by atoms with E-state index in [0.29, 0.717) is 12.8 Å². The Labute approximate surface area is 116 Å². The van der Waals surface area contributed by atoms with Gasteiger partial charge in [0.05, 0.1) is 0 Å². The van der Waals surface area contributed by atoms with Crippen molar-refractivity contribution in [3.8, 4) is 0 Å². The van der Waals surface area contributed by atoms with Crippen LogP contribution in [0.4, 0.5) is 0 Å². The van der Waals surface area contributed by atoms with Crippen LogP contribution in [-0.4, -0.2) is 11.9 Å². The van der Waals surface area contributed by atoms with Crippen LogP contribution < -0.4 is 10.2 Å². The molecule has 0 aliphatic rings. The molecule has 0 fully saturated rings. The van der Waals surface area contributed by atoms with Gasteiger partial charge in [0.2, 0.25) is 0 Å². The zero-order valence-electron chi connectivity index (χ0n) is 12.2. The van der Waals surface area contributed by atoms with Gasteiger partial charge in [-0.3, -0.25) is 0 Å². The van der Waals surface area contributed by atoms with E-state index in [2.05, 4.69) is 0 Å². The summed E-state index contributed by atoms with van der Waals surface area (Å²) in [5.74, 6) is -1.93. The minimum absolute atomic E-state index is 0.165. The first-order valence-corrected chi connectivity index (χ1v) is 7.27. The first-order chi connectivity index (χ1) is 8.86. The molecule has 0 aliphatic heterocycles. The second-order valence-electron chi connectivity index (χ2n) is 5.87.